The lowest BCUT2D eigenvalue weighted by molar-refractivity contribution is 0.187. The molecular formula is C12H18ClN5O. The number of hydrogen-bond donors (Lipinski definition) is 1. The van der Waals surface area contributed by atoms with E-state index in [2.05, 4.69) is 26.9 Å². The standard InChI is InChI=1S/C12H18ClN5O/c1-3-4-18(5-6-19)8-10-15-11(13)9-7-14-17(2)12(9)16-10/h7,19H,3-6,8H2,1-2H3. The maximum Gasteiger partial charge on any atom is 0.162 e. The first-order valence-electron chi connectivity index (χ1n) is 6.33. The van der Waals surface area contributed by atoms with Crippen LogP contribution in [0.5, 0.6) is 0 Å². The van der Waals surface area contributed by atoms with Crippen LogP contribution in [0.25, 0.3) is 11.0 Å². The number of hydrogen-bond acceptors (Lipinski definition) is 5. The zero-order valence-corrected chi connectivity index (χ0v) is 11.9. The quantitative estimate of drug-likeness (QED) is 0.808. The third kappa shape index (κ3) is 3.20. The topological polar surface area (TPSA) is 67.1 Å². The van der Waals surface area contributed by atoms with Gasteiger partial charge in [0.05, 0.1) is 24.7 Å². The second-order valence-electron chi connectivity index (χ2n) is 4.44. The van der Waals surface area contributed by atoms with Crippen LogP contribution in [0.4, 0.5) is 0 Å². The summed E-state index contributed by atoms with van der Waals surface area (Å²) in [7, 11) is 1.83. The van der Waals surface area contributed by atoms with Crippen molar-refractivity contribution < 1.29 is 5.11 Å². The molecule has 0 aliphatic carbocycles. The highest BCUT2D eigenvalue weighted by Gasteiger charge is 2.12. The van der Waals surface area contributed by atoms with Crippen molar-refractivity contribution in [3.8, 4) is 0 Å². The van der Waals surface area contributed by atoms with Crippen molar-refractivity contribution in [1.29, 1.82) is 0 Å². The number of aliphatic hydroxyl groups excluding tert-OH is 1. The first-order valence-corrected chi connectivity index (χ1v) is 6.70. The predicted molar refractivity (Wildman–Crippen MR) is 74.0 cm³/mol. The number of nitrogens with zero attached hydrogens (tertiary/aromatic N) is 5. The molecule has 0 atom stereocenters. The van der Waals surface area contributed by atoms with Gasteiger partial charge in [-0.15, -0.1) is 0 Å². The summed E-state index contributed by atoms with van der Waals surface area (Å²) in [5, 5.41) is 14.4. The lowest BCUT2D eigenvalue weighted by atomic mass is 10.3. The Hall–Kier alpha value is -1.24. The van der Waals surface area contributed by atoms with E-state index in [0.29, 0.717) is 24.1 Å². The van der Waals surface area contributed by atoms with Crippen LogP contribution in [-0.2, 0) is 13.6 Å². The normalized spacial score (nSPS) is 11.6. The van der Waals surface area contributed by atoms with Crippen molar-refractivity contribution in [1.82, 2.24) is 24.6 Å². The van der Waals surface area contributed by atoms with Crippen LogP contribution >= 0.6 is 11.6 Å². The minimum Gasteiger partial charge on any atom is -0.395 e. The second kappa shape index (κ2) is 6.27. The molecule has 0 unspecified atom stereocenters. The molecule has 0 amide bonds. The van der Waals surface area contributed by atoms with Gasteiger partial charge in [0.2, 0.25) is 0 Å². The Bertz CT molecular complexity index is 550. The van der Waals surface area contributed by atoms with Crippen LogP contribution < -0.4 is 0 Å². The minimum atomic E-state index is 0.127. The maximum atomic E-state index is 9.06. The van der Waals surface area contributed by atoms with Crippen LogP contribution in [0.3, 0.4) is 0 Å². The molecule has 6 nitrogen and oxygen atoms in total. The fourth-order valence-electron chi connectivity index (χ4n) is 2.03. The molecule has 0 saturated heterocycles. The second-order valence-corrected chi connectivity index (χ2v) is 4.79. The Balaban J connectivity index is 2.26. The first kappa shape index (κ1) is 14.2. The molecule has 2 aromatic heterocycles. The number of aliphatic hydroxyl groups is 1. The molecule has 1 N–H and O–H groups in total. The van der Waals surface area contributed by atoms with Gasteiger partial charge in [0.1, 0.15) is 11.0 Å². The fourth-order valence-corrected chi connectivity index (χ4v) is 2.26. The molecule has 2 aromatic rings. The van der Waals surface area contributed by atoms with Crippen molar-refractivity contribution in [2.45, 2.75) is 19.9 Å². The number of rotatable bonds is 6. The van der Waals surface area contributed by atoms with Gasteiger partial charge in [-0.3, -0.25) is 9.58 Å². The van der Waals surface area contributed by atoms with Gasteiger partial charge in [-0.2, -0.15) is 5.10 Å². The van der Waals surface area contributed by atoms with E-state index in [-0.39, 0.29) is 6.61 Å². The van der Waals surface area contributed by atoms with Crippen LogP contribution in [0.15, 0.2) is 6.20 Å². The molecule has 0 fully saturated rings. The third-order valence-electron chi connectivity index (χ3n) is 2.91. The van der Waals surface area contributed by atoms with Gasteiger partial charge in [-0.1, -0.05) is 18.5 Å². The highest BCUT2D eigenvalue weighted by atomic mass is 35.5. The molecule has 2 rings (SSSR count). The van der Waals surface area contributed by atoms with Gasteiger partial charge < -0.3 is 5.11 Å². The number of halogens is 1. The van der Waals surface area contributed by atoms with E-state index in [1.165, 1.54) is 0 Å². The number of aromatic nitrogens is 4. The molecule has 0 aromatic carbocycles. The Morgan fingerprint density at radius 3 is 2.84 bits per heavy atom. The molecule has 104 valence electrons. The largest absolute Gasteiger partial charge is 0.395 e. The molecule has 2 heterocycles. The summed E-state index contributed by atoms with van der Waals surface area (Å²) in [6.45, 7) is 4.31. The summed E-state index contributed by atoms with van der Waals surface area (Å²) < 4.78 is 1.68. The summed E-state index contributed by atoms with van der Waals surface area (Å²) in [6, 6.07) is 0. The van der Waals surface area contributed by atoms with E-state index < -0.39 is 0 Å². The summed E-state index contributed by atoms with van der Waals surface area (Å²) in [5.74, 6) is 0.656. The van der Waals surface area contributed by atoms with Crippen molar-refractivity contribution in [3.63, 3.8) is 0 Å². The maximum absolute atomic E-state index is 9.06. The molecule has 0 aliphatic rings. The lowest BCUT2D eigenvalue weighted by Gasteiger charge is -2.19. The summed E-state index contributed by atoms with van der Waals surface area (Å²) in [6.07, 6.45) is 2.68. The molecule has 0 saturated carbocycles. The van der Waals surface area contributed by atoms with E-state index in [1.807, 2.05) is 7.05 Å². The number of aryl methyl sites for hydroxylation is 1. The Labute approximate surface area is 117 Å². The fraction of sp³-hybridized carbons (Fsp3) is 0.583. The molecule has 0 spiro atoms. The van der Waals surface area contributed by atoms with Crippen molar-refractivity contribution >= 4 is 22.6 Å². The SMILES string of the molecule is CCCN(CCO)Cc1nc(Cl)c2cnn(C)c2n1. The van der Waals surface area contributed by atoms with E-state index in [1.54, 1.807) is 10.9 Å². The van der Waals surface area contributed by atoms with Gasteiger partial charge in [0.15, 0.2) is 5.65 Å². The smallest absolute Gasteiger partial charge is 0.162 e. The summed E-state index contributed by atoms with van der Waals surface area (Å²) in [5.41, 5.74) is 0.732. The molecule has 0 aliphatic heterocycles. The number of fused-ring (bicyclic) bond motifs is 1. The van der Waals surface area contributed by atoms with Crippen molar-refractivity contribution in [2.75, 3.05) is 19.7 Å². The van der Waals surface area contributed by atoms with Crippen molar-refractivity contribution in [2.24, 2.45) is 7.05 Å². The first-order chi connectivity index (χ1) is 9.15. The van der Waals surface area contributed by atoms with Gasteiger partial charge in [-0.05, 0) is 13.0 Å². The monoisotopic (exact) mass is 283 g/mol. The molecular weight excluding hydrogens is 266 g/mol. The zero-order chi connectivity index (χ0) is 13.8. The molecule has 0 radical (unpaired) electrons. The van der Waals surface area contributed by atoms with E-state index in [9.17, 15) is 0 Å². The highest BCUT2D eigenvalue weighted by molar-refractivity contribution is 6.33. The van der Waals surface area contributed by atoms with Crippen LogP contribution in [0.2, 0.25) is 5.15 Å². The van der Waals surface area contributed by atoms with Gasteiger partial charge in [-0.25, -0.2) is 9.97 Å². The van der Waals surface area contributed by atoms with E-state index in [4.69, 9.17) is 16.7 Å². The van der Waals surface area contributed by atoms with Gasteiger partial charge >= 0.3 is 0 Å². The van der Waals surface area contributed by atoms with Gasteiger partial charge in [0, 0.05) is 13.6 Å². The molecule has 7 heteroatoms. The Kier molecular flexibility index (Phi) is 4.68. The summed E-state index contributed by atoms with van der Waals surface area (Å²) in [4.78, 5) is 10.9. The van der Waals surface area contributed by atoms with Crippen LogP contribution in [0.1, 0.15) is 19.2 Å². The predicted octanol–water partition coefficient (Wildman–Crippen LogP) is 1.22. The summed E-state index contributed by atoms with van der Waals surface area (Å²) >= 11 is 6.14. The molecule has 0 bridgehead atoms. The Morgan fingerprint density at radius 1 is 1.37 bits per heavy atom. The zero-order valence-electron chi connectivity index (χ0n) is 11.2. The average molecular weight is 284 g/mol. The lowest BCUT2D eigenvalue weighted by Crippen LogP contribution is -2.28. The van der Waals surface area contributed by atoms with Crippen LogP contribution in [0, 0.1) is 0 Å². The third-order valence-corrected chi connectivity index (χ3v) is 3.20. The van der Waals surface area contributed by atoms with Crippen LogP contribution in [-0.4, -0.2) is 49.5 Å². The minimum absolute atomic E-state index is 0.127. The molecule has 19 heavy (non-hydrogen) atoms. The van der Waals surface area contributed by atoms with Crippen molar-refractivity contribution in [3.05, 3.63) is 17.2 Å². The van der Waals surface area contributed by atoms with E-state index in [0.717, 1.165) is 24.0 Å². The Morgan fingerprint density at radius 2 is 2.16 bits per heavy atom. The van der Waals surface area contributed by atoms with E-state index >= 15 is 0 Å². The van der Waals surface area contributed by atoms with Gasteiger partial charge in [0.25, 0.3) is 0 Å². The average Bonchev–Trinajstić information content (AvgIpc) is 2.73. The highest BCUT2D eigenvalue weighted by Crippen LogP contribution is 2.19.